The van der Waals surface area contributed by atoms with Crippen molar-refractivity contribution in [2.45, 2.75) is 25.5 Å². The summed E-state index contributed by atoms with van der Waals surface area (Å²) in [5.74, 6) is -0.894. The number of hydrogen-bond acceptors (Lipinski definition) is 4. The number of carbonyl (C=O) groups is 3. The van der Waals surface area contributed by atoms with Crippen LogP contribution in [0.5, 0.6) is 0 Å². The Bertz CT molecular complexity index is 501. The topological polar surface area (TPSA) is 84.5 Å². The summed E-state index contributed by atoms with van der Waals surface area (Å²) in [7, 11) is 0. The Balaban J connectivity index is 1.72. The molecule has 20 heavy (non-hydrogen) atoms. The fourth-order valence-corrected chi connectivity index (χ4v) is 1.88. The number of esters is 1. The van der Waals surface area contributed by atoms with Crippen molar-refractivity contribution in [3.63, 3.8) is 0 Å². The van der Waals surface area contributed by atoms with Gasteiger partial charge in [-0.3, -0.25) is 14.4 Å². The summed E-state index contributed by atoms with van der Waals surface area (Å²) in [5, 5.41) is 5.00. The molecular formula is C14H16N2O4. The van der Waals surface area contributed by atoms with E-state index in [1.54, 1.807) is 0 Å². The van der Waals surface area contributed by atoms with Crippen LogP contribution in [0, 0.1) is 0 Å². The highest BCUT2D eigenvalue weighted by Gasteiger charge is 2.26. The highest BCUT2D eigenvalue weighted by Crippen LogP contribution is 2.05. The van der Waals surface area contributed by atoms with Gasteiger partial charge in [-0.2, -0.15) is 0 Å². The van der Waals surface area contributed by atoms with Crippen molar-refractivity contribution in [1.29, 1.82) is 0 Å². The smallest absolute Gasteiger partial charge is 0.306 e. The van der Waals surface area contributed by atoms with Crippen LogP contribution in [0.1, 0.15) is 18.4 Å². The Kier molecular flexibility index (Phi) is 4.70. The van der Waals surface area contributed by atoms with Crippen molar-refractivity contribution >= 4 is 17.8 Å². The molecule has 1 aliphatic rings. The first-order chi connectivity index (χ1) is 9.65. The summed E-state index contributed by atoms with van der Waals surface area (Å²) >= 11 is 0. The van der Waals surface area contributed by atoms with Gasteiger partial charge in [0.15, 0.2) is 0 Å². The normalized spacial score (nSPS) is 18.1. The van der Waals surface area contributed by atoms with Gasteiger partial charge >= 0.3 is 5.97 Å². The maximum absolute atomic E-state index is 11.6. The Morgan fingerprint density at radius 2 is 2.00 bits per heavy atom. The Morgan fingerprint density at radius 1 is 1.25 bits per heavy atom. The molecule has 0 radical (unpaired) electrons. The van der Waals surface area contributed by atoms with Gasteiger partial charge in [0.25, 0.3) is 0 Å². The number of rotatable bonds is 5. The van der Waals surface area contributed by atoms with E-state index < -0.39 is 6.04 Å². The first-order valence-electron chi connectivity index (χ1n) is 6.42. The highest BCUT2D eigenvalue weighted by molar-refractivity contribution is 5.94. The zero-order chi connectivity index (χ0) is 14.4. The Morgan fingerprint density at radius 3 is 2.75 bits per heavy atom. The van der Waals surface area contributed by atoms with Gasteiger partial charge in [-0.05, 0) is 12.0 Å². The van der Waals surface area contributed by atoms with Gasteiger partial charge in [-0.25, -0.2) is 0 Å². The second kappa shape index (κ2) is 6.70. The van der Waals surface area contributed by atoms with Crippen LogP contribution in [0.25, 0.3) is 0 Å². The minimum atomic E-state index is -0.652. The first-order valence-corrected chi connectivity index (χ1v) is 6.42. The average molecular weight is 276 g/mol. The van der Waals surface area contributed by atoms with Crippen molar-refractivity contribution in [3.8, 4) is 0 Å². The molecule has 0 aliphatic carbocycles. The largest absolute Gasteiger partial charge is 0.461 e. The van der Waals surface area contributed by atoms with Crippen LogP contribution in [0.4, 0.5) is 0 Å². The second-order valence-corrected chi connectivity index (χ2v) is 4.52. The molecule has 1 heterocycles. The van der Waals surface area contributed by atoms with E-state index in [0.29, 0.717) is 0 Å². The lowest BCUT2D eigenvalue weighted by Crippen LogP contribution is -2.56. The van der Waals surface area contributed by atoms with Crippen molar-refractivity contribution in [1.82, 2.24) is 10.6 Å². The summed E-state index contributed by atoms with van der Waals surface area (Å²) in [6.45, 7) is 0.205. The maximum atomic E-state index is 11.6. The van der Waals surface area contributed by atoms with Gasteiger partial charge in [0.1, 0.15) is 12.6 Å². The van der Waals surface area contributed by atoms with Crippen LogP contribution in [-0.2, 0) is 25.7 Å². The lowest BCUT2D eigenvalue weighted by Gasteiger charge is -2.22. The predicted octanol–water partition coefficient (Wildman–Crippen LogP) is 0.125. The third-order valence-electron chi connectivity index (χ3n) is 2.95. The summed E-state index contributed by atoms with van der Waals surface area (Å²) in [6.07, 6.45) is 0.330. The number of ether oxygens (including phenoxy) is 1. The zero-order valence-corrected chi connectivity index (χ0v) is 10.9. The van der Waals surface area contributed by atoms with E-state index >= 15 is 0 Å². The summed E-state index contributed by atoms with van der Waals surface area (Å²) in [4.78, 5) is 34.2. The monoisotopic (exact) mass is 276 g/mol. The lowest BCUT2D eigenvalue weighted by molar-refractivity contribution is -0.145. The molecule has 1 aliphatic heterocycles. The maximum Gasteiger partial charge on any atom is 0.306 e. The molecule has 0 bridgehead atoms. The number of piperazine rings is 1. The van der Waals surface area contributed by atoms with E-state index in [2.05, 4.69) is 10.6 Å². The molecule has 1 saturated heterocycles. The minimum Gasteiger partial charge on any atom is -0.461 e. The first kappa shape index (κ1) is 14.0. The number of benzene rings is 1. The molecule has 2 N–H and O–H groups in total. The fourth-order valence-electron chi connectivity index (χ4n) is 1.88. The lowest BCUT2D eigenvalue weighted by atomic mass is 10.1. The summed E-state index contributed by atoms with van der Waals surface area (Å²) < 4.78 is 5.10. The van der Waals surface area contributed by atoms with Gasteiger partial charge in [-0.1, -0.05) is 30.3 Å². The molecule has 0 spiro atoms. The molecule has 1 aromatic rings. The number of carbonyl (C=O) groups excluding carboxylic acids is 3. The molecule has 1 fully saturated rings. The Hall–Kier alpha value is -2.37. The van der Waals surface area contributed by atoms with E-state index in [1.807, 2.05) is 30.3 Å². The SMILES string of the molecule is O=C1CNC(=O)[C@H](CCC(=O)OCc2ccccc2)N1. The van der Waals surface area contributed by atoms with Crippen LogP contribution in [0.2, 0.25) is 0 Å². The van der Waals surface area contributed by atoms with Crippen LogP contribution in [0.15, 0.2) is 30.3 Å². The van der Waals surface area contributed by atoms with Crippen LogP contribution >= 0.6 is 0 Å². The summed E-state index contributed by atoms with van der Waals surface area (Å²) in [6, 6.07) is 8.69. The van der Waals surface area contributed by atoms with Crippen LogP contribution < -0.4 is 10.6 Å². The molecule has 1 atom stereocenters. The van der Waals surface area contributed by atoms with Gasteiger partial charge in [0.05, 0.1) is 6.54 Å². The standard InChI is InChI=1S/C14H16N2O4/c17-12-8-15-14(19)11(16-12)6-7-13(18)20-9-10-4-2-1-3-5-10/h1-5,11H,6-9H2,(H,15,19)(H,16,17)/t11-/m0/s1. The van der Waals surface area contributed by atoms with Gasteiger partial charge in [0, 0.05) is 6.42 Å². The molecule has 1 aromatic carbocycles. The number of hydrogen-bond donors (Lipinski definition) is 2. The van der Waals surface area contributed by atoms with E-state index in [-0.39, 0.29) is 43.8 Å². The molecule has 6 heteroatoms. The van der Waals surface area contributed by atoms with Crippen LogP contribution in [0.3, 0.4) is 0 Å². The molecule has 0 saturated carbocycles. The van der Waals surface area contributed by atoms with E-state index in [9.17, 15) is 14.4 Å². The fraction of sp³-hybridized carbons (Fsp3) is 0.357. The van der Waals surface area contributed by atoms with Gasteiger partial charge in [-0.15, -0.1) is 0 Å². The molecule has 0 aromatic heterocycles. The zero-order valence-electron chi connectivity index (χ0n) is 10.9. The molecule has 2 rings (SSSR count). The molecule has 106 valence electrons. The highest BCUT2D eigenvalue weighted by atomic mass is 16.5. The second-order valence-electron chi connectivity index (χ2n) is 4.52. The molecule has 0 unspecified atom stereocenters. The molecule has 6 nitrogen and oxygen atoms in total. The van der Waals surface area contributed by atoms with E-state index in [0.717, 1.165) is 5.56 Å². The predicted molar refractivity (Wildman–Crippen MR) is 70.4 cm³/mol. The third kappa shape index (κ3) is 4.08. The van der Waals surface area contributed by atoms with Crippen molar-refractivity contribution in [2.24, 2.45) is 0 Å². The molecular weight excluding hydrogens is 260 g/mol. The quantitative estimate of drug-likeness (QED) is 0.748. The summed E-state index contributed by atoms with van der Waals surface area (Å²) in [5.41, 5.74) is 0.907. The van der Waals surface area contributed by atoms with Crippen LogP contribution in [-0.4, -0.2) is 30.4 Å². The average Bonchev–Trinajstić information content (AvgIpc) is 2.47. The third-order valence-corrected chi connectivity index (χ3v) is 2.95. The Labute approximate surface area is 116 Å². The minimum absolute atomic E-state index is 0.00616. The van der Waals surface area contributed by atoms with Crippen molar-refractivity contribution in [2.75, 3.05) is 6.54 Å². The molecule has 2 amide bonds. The number of nitrogens with one attached hydrogen (secondary N) is 2. The van der Waals surface area contributed by atoms with Crippen molar-refractivity contribution < 1.29 is 19.1 Å². The van der Waals surface area contributed by atoms with Crippen molar-refractivity contribution in [3.05, 3.63) is 35.9 Å². The van der Waals surface area contributed by atoms with Gasteiger partial charge in [0.2, 0.25) is 11.8 Å². The van der Waals surface area contributed by atoms with E-state index in [4.69, 9.17) is 4.74 Å². The van der Waals surface area contributed by atoms with Gasteiger partial charge < -0.3 is 15.4 Å². The number of amides is 2. The van der Waals surface area contributed by atoms with E-state index in [1.165, 1.54) is 0 Å².